The van der Waals surface area contributed by atoms with E-state index in [1.807, 2.05) is 6.92 Å². The monoisotopic (exact) mass is 210 g/mol. The van der Waals surface area contributed by atoms with Gasteiger partial charge in [-0.05, 0) is 24.6 Å². The lowest BCUT2D eigenvalue weighted by molar-refractivity contribution is -0.120. The fourth-order valence-corrected chi connectivity index (χ4v) is 1.22. The van der Waals surface area contributed by atoms with Crippen LogP contribution in [0.5, 0.6) is 0 Å². The number of hydrogen-bond donors (Lipinski definition) is 2. The second-order valence-electron chi connectivity index (χ2n) is 3.51. The minimum absolute atomic E-state index is 0.0499. The molecule has 0 radical (unpaired) electrons. The first kappa shape index (κ1) is 11.7. The van der Waals surface area contributed by atoms with Crippen LogP contribution in [0.1, 0.15) is 12.5 Å². The number of halogens is 1. The van der Waals surface area contributed by atoms with Gasteiger partial charge in [0, 0.05) is 12.6 Å². The van der Waals surface area contributed by atoms with Crippen molar-refractivity contribution in [2.45, 2.75) is 19.4 Å². The summed E-state index contributed by atoms with van der Waals surface area (Å²) in [5.74, 6) is -0.467. The lowest BCUT2D eigenvalue weighted by atomic mass is 10.1. The molecule has 0 saturated carbocycles. The molecule has 0 fully saturated rings. The van der Waals surface area contributed by atoms with Gasteiger partial charge in [-0.25, -0.2) is 4.39 Å². The van der Waals surface area contributed by atoms with Gasteiger partial charge in [0.05, 0.1) is 6.42 Å². The Balaban J connectivity index is 2.51. The smallest absolute Gasteiger partial charge is 0.224 e. The van der Waals surface area contributed by atoms with Crippen molar-refractivity contribution >= 4 is 5.91 Å². The summed E-state index contributed by atoms with van der Waals surface area (Å²) in [7, 11) is 0. The third-order valence-electron chi connectivity index (χ3n) is 2.01. The van der Waals surface area contributed by atoms with Gasteiger partial charge in [-0.2, -0.15) is 0 Å². The quantitative estimate of drug-likeness (QED) is 0.773. The lowest BCUT2D eigenvalue weighted by Gasteiger charge is -2.10. The van der Waals surface area contributed by atoms with Crippen LogP contribution in [0, 0.1) is 5.82 Å². The molecule has 0 saturated heterocycles. The highest BCUT2D eigenvalue weighted by atomic mass is 19.1. The van der Waals surface area contributed by atoms with Crippen molar-refractivity contribution in [2.24, 2.45) is 5.73 Å². The van der Waals surface area contributed by atoms with E-state index < -0.39 is 0 Å². The van der Waals surface area contributed by atoms with Gasteiger partial charge in [-0.3, -0.25) is 4.79 Å². The van der Waals surface area contributed by atoms with E-state index >= 15 is 0 Å². The summed E-state index contributed by atoms with van der Waals surface area (Å²) in [6.07, 6.45) is 0.183. The molecule has 1 unspecified atom stereocenters. The van der Waals surface area contributed by atoms with Crippen LogP contribution in [0.15, 0.2) is 24.3 Å². The zero-order chi connectivity index (χ0) is 11.3. The SMILES string of the molecule is CC(CN)NC(=O)Cc1cccc(F)c1. The van der Waals surface area contributed by atoms with E-state index in [9.17, 15) is 9.18 Å². The van der Waals surface area contributed by atoms with Crippen molar-refractivity contribution in [1.29, 1.82) is 0 Å². The summed E-state index contributed by atoms with van der Waals surface area (Å²) in [6, 6.07) is 5.96. The van der Waals surface area contributed by atoms with Gasteiger partial charge in [0.1, 0.15) is 5.82 Å². The zero-order valence-electron chi connectivity index (χ0n) is 8.66. The molecule has 0 aliphatic rings. The first-order valence-electron chi connectivity index (χ1n) is 4.85. The Kier molecular flexibility index (Phi) is 4.24. The molecule has 15 heavy (non-hydrogen) atoms. The molecular weight excluding hydrogens is 195 g/mol. The first-order chi connectivity index (χ1) is 7.11. The van der Waals surface area contributed by atoms with Crippen LogP contribution in [0.3, 0.4) is 0 Å². The van der Waals surface area contributed by atoms with Crippen molar-refractivity contribution in [2.75, 3.05) is 6.54 Å². The molecule has 0 spiro atoms. The van der Waals surface area contributed by atoms with Gasteiger partial charge < -0.3 is 11.1 Å². The zero-order valence-corrected chi connectivity index (χ0v) is 8.66. The Bertz CT molecular complexity index is 341. The minimum atomic E-state index is -0.327. The predicted molar refractivity (Wildman–Crippen MR) is 56.8 cm³/mol. The maximum atomic E-state index is 12.8. The summed E-state index contributed by atoms with van der Waals surface area (Å²) in [4.78, 5) is 11.4. The van der Waals surface area contributed by atoms with E-state index in [0.29, 0.717) is 12.1 Å². The van der Waals surface area contributed by atoms with Gasteiger partial charge in [0.2, 0.25) is 5.91 Å². The molecule has 0 aromatic heterocycles. The van der Waals surface area contributed by atoms with Gasteiger partial charge in [-0.1, -0.05) is 12.1 Å². The fourth-order valence-electron chi connectivity index (χ4n) is 1.22. The molecule has 4 heteroatoms. The first-order valence-corrected chi connectivity index (χ1v) is 4.85. The van der Waals surface area contributed by atoms with Gasteiger partial charge in [0.25, 0.3) is 0 Å². The van der Waals surface area contributed by atoms with E-state index in [4.69, 9.17) is 5.73 Å². The molecule has 1 aromatic rings. The summed E-state index contributed by atoms with van der Waals surface area (Å²) >= 11 is 0. The number of nitrogens with two attached hydrogens (primary N) is 1. The number of carbonyl (C=O) groups is 1. The number of amides is 1. The average molecular weight is 210 g/mol. The van der Waals surface area contributed by atoms with E-state index in [1.165, 1.54) is 12.1 Å². The van der Waals surface area contributed by atoms with Gasteiger partial charge in [0.15, 0.2) is 0 Å². The van der Waals surface area contributed by atoms with E-state index in [0.717, 1.165) is 0 Å². The molecule has 1 amide bonds. The molecule has 82 valence electrons. The van der Waals surface area contributed by atoms with Gasteiger partial charge in [-0.15, -0.1) is 0 Å². The maximum Gasteiger partial charge on any atom is 0.224 e. The van der Waals surface area contributed by atoms with Crippen molar-refractivity contribution in [1.82, 2.24) is 5.32 Å². The molecule has 0 aliphatic carbocycles. The summed E-state index contributed by atoms with van der Waals surface area (Å²) < 4.78 is 12.8. The van der Waals surface area contributed by atoms with E-state index in [-0.39, 0.29) is 24.2 Å². The van der Waals surface area contributed by atoms with Crippen molar-refractivity contribution < 1.29 is 9.18 Å². The minimum Gasteiger partial charge on any atom is -0.352 e. The Morgan fingerprint density at radius 2 is 2.33 bits per heavy atom. The van der Waals surface area contributed by atoms with Crippen LogP contribution < -0.4 is 11.1 Å². The van der Waals surface area contributed by atoms with Crippen LogP contribution in [0.4, 0.5) is 4.39 Å². The number of nitrogens with one attached hydrogen (secondary N) is 1. The predicted octanol–water partition coefficient (Wildman–Crippen LogP) is 0.832. The number of benzene rings is 1. The van der Waals surface area contributed by atoms with Crippen LogP contribution in [0.2, 0.25) is 0 Å². The highest BCUT2D eigenvalue weighted by Gasteiger charge is 2.06. The number of hydrogen-bond acceptors (Lipinski definition) is 2. The highest BCUT2D eigenvalue weighted by Crippen LogP contribution is 2.04. The Morgan fingerprint density at radius 1 is 1.60 bits per heavy atom. The third-order valence-corrected chi connectivity index (χ3v) is 2.01. The topological polar surface area (TPSA) is 55.1 Å². The summed E-state index contributed by atoms with van der Waals surface area (Å²) in [6.45, 7) is 2.22. The molecule has 0 aliphatic heterocycles. The second-order valence-corrected chi connectivity index (χ2v) is 3.51. The van der Waals surface area contributed by atoms with Crippen molar-refractivity contribution in [3.05, 3.63) is 35.6 Å². The summed E-state index contributed by atoms with van der Waals surface area (Å²) in [5, 5.41) is 2.71. The Hall–Kier alpha value is -1.42. The second kappa shape index (κ2) is 5.46. The normalized spacial score (nSPS) is 12.2. The number of rotatable bonds is 4. The fraction of sp³-hybridized carbons (Fsp3) is 0.364. The van der Waals surface area contributed by atoms with Crippen LogP contribution in [-0.4, -0.2) is 18.5 Å². The molecule has 3 nitrogen and oxygen atoms in total. The van der Waals surface area contributed by atoms with Crippen molar-refractivity contribution in [3.63, 3.8) is 0 Å². The molecule has 0 heterocycles. The average Bonchev–Trinajstić information content (AvgIpc) is 2.17. The molecular formula is C11H15FN2O. The van der Waals surface area contributed by atoms with Crippen LogP contribution >= 0.6 is 0 Å². The molecule has 0 bridgehead atoms. The molecule has 1 atom stereocenters. The Labute approximate surface area is 88.5 Å². The molecule has 3 N–H and O–H groups in total. The van der Waals surface area contributed by atoms with E-state index in [1.54, 1.807) is 12.1 Å². The maximum absolute atomic E-state index is 12.8. The van der Waals surface area contributed by atoms with Crippen LogP contribution in [-0.2, 0) is 11.2 Å². The highest BCUT2D eigenvalue weighted by molar-refractivity contribution is 5.78. The largest absolute Gasteiger partial charge is 0.352 e. The van der Waals surface area contributed by atoms with Crippen molar-refractivity contribution in [3.8, 4) is 0 Å². The van der Waals surface area contributed by atoms with Crippen LogP contribution in [0.25, 0.3) is 0 Å². The molecule has 1 rings (SSSR count). The van der Waals surface area contributed by atoms with E-state index in [2.05, 4.69) is 5.32 Å². The summed E-state index contributed by atoms with van der Waals surface area (Å²) in [5.41, 5.74) is 6.03. The third kappa shape index (κ3) is 4.08. The standard InChI is InChI=1S/C11H15FN2O/c1-8(7-13)14-11(15)6-9-3-2-4-10(12)5-9/h2-5,8H,6-7,13H2,1H3,(H,14,15). The number of carbonyl (C=O) groups excluding carboxylic acids is 1. The molecule has 1 aromatic carbocycles. The Morgan fingerprint density at radius 3 is 2.93 bits per heavy atom. The lowest BCUT2D eigenvalue weighted by Crippen LogP contribution is -2.38. The van der Waals surface area contributed by atoms with Gasteiger partial charge >= 0.3 is 0 Å².